The van der Waals surface area contributed by atoms with Gasteiger partial charge in [0.05, 0.1) is 6.42 Å². The standard InChI is InChI=1S/C33H46O3Si/c1-26(2)16-14-17-27(3)18-15-23-33(7)28(24-31(34)36-33)25-35-37(32(4,5)6,29-19-10-8-11-20-29)30-21-12-9-13-22-30/h8-13,16,18-22,28H,14-15,17,23-25H2,1-7H3/b27-18+/t28-,33+/m0/s1. The fourth-order valence-electron chi connectivity index (χ4n) is 5.58. The maximum atomic E-state index is 12.5. The molecule has 0 saturated carbocycles. The number of hydrogen-bond donors (Lipinski definition) is 0. The fraction of sp³-hybridized carbons (Fsp3) is 0.485. The zero-order valence-corrected chi connectivity index (χ0v) is 25.0. The largest absolute Gasteiger partial charge is 0.459 e. The van der Waals surface area contributed by atoms with E-state index in [4.69, 9.17) is 9.16 Å². The number of ether oxygens (including phenoxy) is 1. The Morgan fingerprint density at radius 2 is 1.54 bits per heavy atom. The first-order chi connectivity index (χ1) is 17.5. The van der Waals surface area contributed by atoms with Crippen LogP contribution in [0.3, 0.4) is 0 Å². The monoisotopic (exact) mass is 518 g/mol. The maximum absolute atomic E-state index is 12.5. The van der Waals surface area contributed by atoms with Gasteiger partial charge in [0.15, 0.2) is 0 Å². The molecular weight excluding hydrogens is 472 g/mol. The van der Waals surface area contributed by atoms with Crippen LogP contribution in [-0.4, -0.2) is 26.5 Å². The molecule has 4 heteroatoms. The Morgan fingerprint density at radius 1 is 0.973 bits per heavy atom. The Kier molecular flexibility index (Phi) is 9.77. The minimum absolute atomic E-state index is 0.0287. The van der Waals surface area contributed by atoms with Crippen LogP contribution in [0.5, 0.6) is 0 Å². The molecule has 0 amide bonds. The number of rotatable bonds is 11. The summed E-state index contributed by atoms with van der Waals surface area (Å²) < 4.78 is 13.2. The Balaban J connectivity index is 1.83. The molecule has 3 nitrogen and oxygen atoms in total. The second-order valence-electron chi connectivity index (χ2n) is 12.1. The molecule has 0 aliphatic carbocycles. The second-order valence-corrected chi connectivity index (χ2v) is 16.4. The molecule has 0 radical (unpaired) electrons. The number of hydrogen-bond acceptors (Lipinski definition) is 3. The van der Waals surface area contributed by atoms with E-state index in [0.29, 0.717) is 13.0 Å². The molecule has 3 rings (SSSR count). The van der Waals surface area contributed by atoms with Crippen molar-refractivity contribution in [3.05, 3.63) is 84.0 Å². The Hall–Kier alpha value is -2.43. The van der Waals surface area contributed by atoms with Gasteiger partial charge in [-0.25, -0.2) is 0 Å². The predicted octanol–water partition coefficient (Wildman–Crippen LogP) is 7.36. The first-order valence-corrected chi connectivity index (χ1v) is 15.6. The van der Waals surface area contributed by atoms with Crippen LogP contribution in [0.4, 0.5) is 0 Å². The summed E-state index contributed by atoms with van der Waals surface area (Å²) >= 11 is 0. The molecular formula is C33H46O3Si. The van der Waals surface area contributed by atoms with Crippen molar-refractivity contribution in [1.29, 1.82) is 0 Å². The summed E-state index contributed by atoms with van der Waals surface area (Å²) in [5.74, 6) is -0.0798. The lowest BCUT2D eigenvalue weighted by Gasteiger charge is -2.44. The smallest absolute Gasteiger partial charge is 0.306 e. The molecule has 1 heterocycles. The van der Waals surface area contributed by atoms with Crippen LogP contribution in [0.2, 0.25) is 5.04 Å². The number of cyclic esters (lactones) is 1. The Labute approximate surface area is 226 Å². The van der Waals surface area contributed by atoms with Crippen LogP contribution in [0.1, 0.15) is 80.6 Å². The molecule has 2 atom stereocenters. The highest BCUT2D eigenvalue weighted by atomic mass is 28.4. The van der Waals surface area contributed by atoms with Gasteiger partial charge in [0.25, 0.3) is 8.32 Å². The van der Waals surface area contributed by atoms with E-state index in [2.05, 4.69) is 121 Å². The van der Waals surface area contributed by atoms with E-state index in [1.807, 2.05) is 0 Å². The van der Waals surface area contributed by atoms with Gasteiger partial charge in [0.2, 0.25) is 0 Å². The van der Waals surface area contributed by atoms with Crippen LogP contribution in [0.25, 0.3) is 0 Å². The van der Waals surface area contributed by atoms with E-state index in [1.54, 1.807) is 0 Å². The summed E-state index contributed by atoms with van der Waals surface area (Å²) in [6, 6.07) is 21.4. The minimum Gasteiger partial charge on any atom is -0.459 e. The summed E-state index contributed by atoms with van der Waals surface area (Å²) in [7, 11) is -2.66. The molecule has 1 aliphatic rings. The maximum Gasteiger partial charge on any atom is 0.306 e. The predicted molar refractivity (Wildman–Crippen MR) is 158 cm³/mol. The summed E-state index contributed by atoms with van der Waals surface area (Å²) in [6.45, 7) is 16.0. The third-order valence-electron chi connectivity index (χ3n) is 7.77. The molecule has 1 fully saturated rings. The van der Waals surface area contributed by atoms with E-state index < -0.39 is 13.9 Å². The molecule has 1 aliphatic heterocycles. The Bertz CT molecular complexity index is 1040. The van der Waals surface area contributed by atoms with Crippen LogP contribution in [0, 0.1) is 5.92 Å². The van der Waals surface area contributed by atoms with Crippen molar-refractivity contribution in [3.8, 4) is 0 Å². The highest BCUT2D eigenvalue weighted by Gasteiger charge is 2.52. The molecule has 37 heavy (non-hydrogen) atoms. The van der Waals surface area contributed by atoms with E-state index >= 15 is 0 Å². The molecule has 0 N–H and O–H groups in total. The summed E-state index contributed by atoms with van der Waals surface area (Å²) in [4.78, 5) is 12.5. The van der Waals surface area contributed by atoms with Crippen LogP contribution >= 0.6 is 0 Å². The molecule has 0 unspecified atom stereocenters. The SMILES string of the molecule is CC(C)=CCC/C(C)=C/CC[C@@]1(C)OC(=O)C[C@H]1CO[Si](c1ccccc1)(c1ccccc1)C(C)(C)C. The zero-order valence-electron chi connectivity index (χ0n) is 24.0. The number of benzene rings is 2. The quantitative estimate of drug-likeness (QED) is 0.177. The van der Waals surface area contributed by atoms with Crippen molar-refractivity contribution < 1.29 is 14.0 Å². The van der Waals surface area contributed by atoms with Crippen molar-refractivity contribution in [2.24, 2.45) is 5.92 Å². The molecule has 0 spiro atoms. The van der Waals surface area contributed by atoms with Gasteiger partial charge < -0.3 is 9.16 Å². The van der Waals surface area contributed by atoms with Gasteiger partial charge in [-0.15, -0.1) is 0 Å². The van der Waals surface area contributed by atoms with Gasteiger partial charge in [-0.1, -0.05) is 105 Å². The van der Waals surface area contributed by atoms with Crippen LogP contribution in [0.15, 0.2) is 84.0 Å². The second kappa shape index (κ2) is 12.4. The van der Waals surface area contributed by atoms with Crippen molar-refractivity contribution in [2.75, 3.05) is 6.61 Å². The Morgan fingerprint density at radius 3 is 2.05 bits per heavy atom. The molecule has 1 saturated heterocycles. The lowest BCUT2D eigenvalue weighted by molar-refractivity contribution is -0.148. The van der Waals surface area contributed by atoms with E-state index in [1.165, 1.54) is 21.5 Å². The number of allylic oxidation sites excluding steroid dienone is 4. The van der Waals surface area contributed by atoms with Gasteiger partial charge in [-0.3, -0.25) is 4.79 Å². The minimum atomic E-state index is -2.66. The molecule has 2 aromatic rings. The average Bonchev–Trinajstić information content (AvgIpc) is 3.12. The summed E-state index contributed by atoms with van der Waals surface area (Å²) in [5, 5.41) is 2.42. The number of esters is 1. The number of carbonyl (C=O) groups is 1. The zero-order chi connectivity index (χ0) is 27.1. The van der Waals surface area contributed by atoms with Gasteiger partial charge in [-0.2, -0.15) is 0 Å². The van der Waals surface area contributed by atoms with E-state index in [9.17, 15) is 4.79 Å². The van der Waals surface area contributed by atoms with Crippen molar-refractivity contribution in [2.45, 2.75) is 91.2 Å². The third-order valence-corrected chi connectivity index (χ3v) is 12.8. The van der Waals surface area contributed by atoms with E-state index in [0.717, 1.165) is 25.7 Å². The molecule has 0 bridgehead atoms. The summed E-state index contributed by atoms with van der Waals surface area (Å²) in [5.41, 5.74) is 2.24. The third kappa shape index (κ3) is 7.11. The average molecular weight is 519 g/mol. The first kappa shape index (κ1) is 29.1. The topological polar surface area (TPSA) is 35.5 Å². The van der Waals surface area contributed by atoms with Gasteiger partial charge >= 0.3 is 5.97 Å². The van der Waals surface area contributed by atoms with Crippen molar-refractivity contribution >= 4 is 24.7 Å². The highest BCUT2D eigenvalue weighted by Crippen LogP contribution is 2.41. The molecule has 0 aromatic heterocycles. The van der Waals surface area contributed by atoms with Gasteiger partial charge in [0, 0.05) is 12.5 Å². The molecule has 2 aromatic carbocycles. The lowest BCUT2D eigenvalue weighted by Crippen LogP contribution is -2.67. The van der Waals surface area contributed by atoms with Crippen LogP contribution < -0.4 is 10.4 Å². The highest BCUT2D eigenvalue weighted by molar-refractivity contribution is 6.99. The lowest BCUT2D eigenvalue weighted by atomic mass is 9.85. The first-order valence-electron chi connectivity index (χ1n) is 13.7. The summed E-state index contributed by atoms with van der Waals surface area (Å²) in [6.07, 6.45) is 8.88. The normalized spacial score (nSPS) is 20.6. The van der Waals surface area contributed by atoms with E-state index in [-0.39, 0.29) is 16.9 Å². The fourth-order valence-corrected chi connectivity index (χ4v) is 10.2. The van der Waals surface area contributed by atoms with Crippen LogP contribution in [-0.2, 0) is 14.0 Å². The number of carbonyl (C=O) groups excluding carboxylic acids is 1. The molecule has 200 valence electrons. The van der Waals surface area contributed by atoms with Crippen molar-refractivity contribution in [3.63, 3.8) is 0 Å². The van der Waals surface area contributed by atoms with Gasteiger partial charge in [0.1, 0.15) is 5.60 Å². The van der Waals surface area contributed by atoms with Crippen molar-refractivity contribution in [1.82, 2.24) is 0 Å². The van der Waals surface area contributed by atoms with Gasteiger partial charge in [-0.05, 0) is 68.8 Å².